The second-order valence-electron chi connectivity index (χ2n) is 3.59. The maximum absolute atomic E-state index is 5.74. The van der Waals surface area contributed by atoms with Gasteiger partial charge >= 0.3 is 0 Å². The van der Waals surface area contributed by atoms with E-state index in [1.54, 1.807) is 0 Å². The molecular formula is C7H12N2O. The molecule has 0 aromatic carbocycles. The smallest absolute Gasteiger partial charge is 0.0834 e. The topological polar surface area (TPSA) is 15.7 Å². The maximum atomic E-state index is 5.74. The highest BCUT2D eigenvalue weighted by molar-refractivity contribution is 4.91. The van der Waals surface area contributed by atoms with E-state index in [0.717, 1.165) is 0 Å². The number of hydrogen-bond donors (Lipinski definition) is 0. The highest BCUT2D eigenvalue weighted by Crippen LogP contribution is 2.24. The standard InChI is InChI=1S/C7H12N2O/c1-6-2-9-4-7(10-6)3-8(1)5-9/h6-7H,1-5H2. The maximum Gasteiger partial charge on any atom is 0.0834 e. The van der Waals surface area contributed by atoms with E-state index in [9.17, 15) is 0 Å². The minimum atomic E-state index is 0.529. The molecule has 0 atom stereocenters. The van der Waals surface area contributed by atoms with Gasteiger partial charge in [0.15, 0.2) is 0 Å². The van der Waals surface area contributed by atoms with Crippen molar-refractivity contribution < 1.29 is 4.74 Å². The average Bonchev–Trinajstić information content (AvgIpc) is 1.82. The summed E-state index contributed by atoms with van der Waals surface area (Å²) >= 11 is 0. The molecule has 3 nitrogen and oxygen atoms in total. The van der Waals surface area contributed by atoms with Gasteiger partial charge < -0.3 is 4.74 Å². The molecule has 0 amide bonds. The number of nitrogens with zero attached hydrogens (tertiary/aromatic N) is 2. The monoisotopic (exact) mass is 140 g/mol. The fourth-order valence-corrected chi connectivity index (χ4v) is 2.37. The van der Waals surface area contributed by atoms with Gasteiger partial charge in [-0.1, -0.05) is 0 Å². The zero-order valence-corrected chi connectivity index (χ0v) is 5.99. The predicted octanol–water partition coefficient (Wildman–Crippen LogP) is -0.657. The fourth-order valence-electron chi connectivity index (χ4n) is 2.37. The lowest BCUT2D eigenvalue weighted by molar-refractivity contribution is -0.192. The lowest BCUT2D eigenvalue weighted by Gasteiger charge is -2.52. The van der Waals surface area contributed by atoms with E-state index in [1.165, 1.54) is 32.8 Å². The molecule has 56 valence electrons. The summed E-state index contributed by atoms with van der Waals surface area (Å²) in [6.45, 7) is 5.89. The van der Waals surface area contributed by atoms with Crippen molar-refractivity contribution in [1.29, 1.82) is 0 Å². The molecule has 0 aromatic heterocycles. The van der Waals surface area contributed by atoms with Crippen molar-refractivity contribution in [3.63, 3.8) is 0 Å². The molecule has 4 aliphatic rings. The second kappa shape index (κ2) is 1.72. The summed E-state index contributed by atoms with van der Waals surface area (Å²) in [6.07, 6.45) is 1.06. The molecule has 0 saturated carbocycles. The molecule has 4 saturated heterocycles. The summed E-state index contributed by atoms with van der Waals surface area (Å²) < 4.78 is 5.74. The Balaban J connectivity index is 1.90. The first kappa shape index (κ1) is 5.52. The number of morpholine rings is 2. The minimum absolute atomic E-state index is 0.529. The van der Waals surface area contributed by atoms with E-state index >= 15 is 0 Å². The molecule has 0 unspecified atom stereocenters. The van der Waals surface area contributed by atoms with E-state index in [2.05, 4.69) is 9.80 Å². The Labute approximate surface area is 60.5 Å². The SMILES string of the molecule is C1C2CN3CC(CN1C3)O2. The third-order valence-electron chi connectivity index (χ3n) is 2.63. The average molecular weight is 140 g/mol. The summed E-state index contributed by atoms with van der Waals surface area (Å²) in [7, 11) is 0. The Morgan fingerprint density at radius 2 is 1.40 bits per heavy atom. The first-order chi connectivity index (χ1) is 4.90. The predicted molar refractivity (Wildman–Crippen MR) is 36.7 cm³/mol. The van der Waals surface area contributed by atoms with Crippen LogP contribution in [0.15, 0.2) is 0 Å². The Morgan fingerprint density at radius 3 is 1.80 bits per heavy atom. The Kier molecular flexibility index (Phi) is 0.952. The van der Waals surface area contributed by atoms with Gasteiger partial charge in [-0.25, -0.2) is 0 Å². The molecular weight excluding hydrogens is 128 g/mol. The van der Waals surface area contributed by atoms with Crippen molar-refractivity contribution in [2.75, 3.05) is 32.8 Å². The van der Waals surface area contributed by atoms with Crippen LogP contribution in [0.3, 0.4) is 0 Å². The van der Waals surface area contributed by atoms with Crippen LogP contribution >= 0.6 is 0 Å². The van der Waals surface area contributed by atoms with Crippen LogP contribution in [0.1, 0.15) is 0 Å². The molecule has 0 aromatic rings. The molecule has 3 heteroatoms. The number of ether oxygens (including phenoxy) is 1. The van der Waals surface area contributed by atoms with Gasteiger partial charge in [0.25, 0.3) is 0 Å². The molecule has 0 radical (unpaired) electrons. The van der Waals surface area contributed by atoms with Crippen LogP contribution in [0, 0.1) is 0 Å². The highest BCUT2D eigenvalue weighted by Gasteiger charge is 2.40. The largest absolute Gasteiger partial charge is 0.370 e. The quantitative estimate of drug-likeness (QED) is 0.444. The fraction of sp³-hybridized carbons (Fsp3) is 1.00. The summed E-state index contributed by atoms with van der Waals surface area (Å²) in [5.74, 6) is 0. The van der Waals surface area contributed by atoms with Gasteiger partial charge in [-0.3, -0.25) is 9.80 Å². The summed E-state index contributed by atoms with van der Waals surface area (Å²) in [6, 6.07) is 0. The number of rotatable bonds is 0. The molecule has 4 rings (SSSR count). The lowest BCUT2D eigenvalue weighted by atomic mass is 10.1. The van der Waals surface area contributed by atoms with E-state index in [0.29, 0.717) is 12.2 Å². The normalized spacial score (nSPS) is 57.6. The Morgan fingerprint density at radius 1 is 0.900 bits per heavy atom. The highest BCUT2D eigenvalue weighted by atomic mass is 16.5. The van der Waals surface area contributed by atoms with Gasteiger partial charge in [0.05, 0.1) is 18.9 Å². The molecule has 10 heavy (non-hydrogen) atoms. The Bertz CT molecular complexity index is 103. The summed E-state index contributed by atoms with van der Waals surface area (Å²) in [5, 5.41) is 0. The van der Waals surface area contributed by atoms with Crippen LogP contribution in [-0.2, 0) is 4.74 Å². The summed E-state index contributed by atoms with van der Waals surface area (Å²) in [5.41, 5.74) is 0. The van der Waals surface area contributed by atoms with E-state index in [4.69, 9.17) is 4.74 Å². The van der Waals surface area contributed by atoms with E-state index in [1.807, 2.05) is 0 Å². The summed E-state index contributed by atoms with van der Waals surface area (Å²) in [4.78, 5) is 4.98. The molecule has 4 fully saturated rings. The van der Waals surface area contributed by atoms with Gasteiger partial charge in [-0.2, -0.15) is 0 Å². The third-order valence-corrected chi connectivity index (χ3v) is 2.63. The van der Waals surface area contributed by atoms with Crippen molar-refractivity contribution >= 4 is 0 Å². The van der Waals surface area contributed by atoms with Gasteiger partial charge in [0.1, 0.15) is 0 Å². The van der Waals surface area contributed by atoms with Crippen molar-refractivity contribution in [3.8, 4) is 0 Å². The molecule has 4 aliphatic heterocycles. The van der Waals surface area contributed by atoms with Crippen LogP contribution in [-0.4, -0.2) is 54.9 Å². The van der Waals surface area contributed by atoms with Crippen molar-refractivity contribution in [2.24, 2.45) is 0 Å². The van der Waals surface area contributed by atoms with Gasteiger partial charge in [-0.15, -0.1) is 0 Å². The van der Waals surface area contributed by atoms with Crippen LogP contribution in [0.2, 0.25) is 0 Å². The molecule has 4 bridgehead atoms. The van der Waals surface area contributed by atoms with Crippen LogP contribution in [0.25, 0.3) is 0 Å². The minimum Gasteiger partial charge on any atom is -0.370 e. The third kappa shape index (κ3) is 0.654. The van der Waals surface area contributed by atoms with Gasteiger partial charge in [0.2, 0.25) is 0 Å². The first-order valence-electron chi connectivity index (χ1n) is 4.00. The molecule has 0 spiro atoms. The lowest BCUT2D eigenvalue weighted by Crippen LogP contribution is -2.67. The van der Waals surface area contributed by atoms with E-state index < -0.39 is 0 Å². The second-order valence-corrected chi connectivity index (χ2v) is 3.59. The van der Waals surface area contributed by atoms with Crippen molar-refractivity contribution in [2.45, 2.75) is 12.2 Å². The zero-order valence-electron chi connectivity index (χ0n) is 5.99. The van der Waals surface area contributed by atoms with E-state index in [-0.39, 0.29) is 0 Å². The first-order valence-corrected chi connectivity index (χ1v) is 4.00. The zero-order chi connectivity index (χ0) is 6.55. The van der Waals surface area contributed by atoms with Gasteiger partial charge in [-0.05, 0) is 0 Å². The molecule has 0 aliphatic carbocycles. The number of hydrogen-bond acceptors (Lipinski definition) is 3. The van der Waals surface area contributed by atoms with Crippen LogP contribution in [0.4, 0.5) is 0 Å². The van der Waals surface area contributed by atoms with Crippen LogP contribution < -0.4 is 0 Å². The Hall–Kier alpha value is -0.120. The van der Waals surface area contributed by atoms with Crippen LogP contribution in [0.5, 0.6) is 0 Å². The van der Waals surface area contributed by atoms with Crippen molar-refractivity contribution in [1.82, 2.24) is 9.80 Å². The molecule has 0 N–H and O–H groups in total. The molecule has 4 heterocycles. The van der Waals surface area contributed by atoms with Gasteiger partial charge in [0, 0.05) is 26.2 Å². The van der Waals surface area contributed by atoms with Crippen molar-refractivity contribution in [3.05, 3.63) is 0 Å².